The number of hydrogen-bond donors (Lipinski definition) is 4. The second-order valence-corrected chi connectivity index (χ2v) is 10.1. The number of benzene rings is 1. The molecule has 204 valence electrons. The Morgan fingerprint density at radius 1 is 1.16 bits per heavy atom. The van der Waals surface area contributed by atoms with E-state index in [9.17, 15) is 19.2 Å². The zero-order chi connectivity index (χ0) is 26.8. The first-order valence-corrected chi connectivity index (χ1v) is 13.4. The van der Waals surface area contributed by atoms with Crippen molar-refractivity contribution in [2.75, 3.05) is 32.8 Å². The molecule has 4 amide bonds. The lowest BCUT2D eigenvalue weighted by Crippen LogP contribution is -2.53. The van der Waals surface area contributed by atoms with Crippen LogP contribution < -0.4 is 26.0 Å². The van der Waals surface area contributed by atoms with E-state index in [4.69, 9.17) is 4.74 Å². The molecular weight excluding hydrogens is 474 g/mol. The molecule has 0 aliphatic carbocycles. The number of rotatable bonds is 6. The Balaban J connectivity index is 1.80. The summed E-state index contributed by atoms with van der Waals surface area (Å²) in [5.74, 6) is -1.13. The Morgan fingerprint density at radius 2 is 1.95 bits per heavy atom. The highest BCUT2D eigenvalue weighted by molar-refractivity contribution is 6.01. The van der Waals surface area contributed by atoms with Crippen molar-refractivity contribution in [2.24, 2.45) is 5.92 Å². The average Bonchev–Trinajstić information content (AvgIpc) is 3.33. The van der Waals surface area contributed by atoms with Crippen LogP contribution in [-0.4, -0.2) is 79.4 Å². The van der Waals surface area contributed by atoms with Crippen LogP contribution in [-0.2, 0) is 14.4 Å². The molecule has 3 rings (SSSR count). The van der Waals surface area contributed by atoms with E-state index in [1.807, 2.05) is 13.8 Å². The number of amides is 4. The van der Waals surface area contributed by atoms with Crippen molar-refractivity contribution >= 4 is 23.6 Å². The van der Waals surface area contributed by atoms with Crippen molar-refractivity contribution < 1.29 is 23.9 Å². The van der Waals surface area contributed by atoms with Crippen LogP contribution in [0.2, 0.25) is 0 Å². The summed E-state index contributed by atoms with van der Waals surface area (Å²) in [7, 11) is 0. The fraction of sp³-hybridized carbons (Fsp3) is 0.630. The highest BCUT2D eigenvalue weighted by atomic mass is 16.5. The Hall–Kier alpha value is -3.14. The number of likely N-dealkylation sites (N-methyl/N-ethyl adjacent to an activating group) is 1. The molecule has 37 heavy (non-hydrogen) atoms. The molecule has 0 aromatic heterocycles. The molecule has 10 nitrogen and oxygen atoms in total. The number of para-hydroxylation sites is 1. The van der Waals surface area contributed by atoms with Gasteiger partial charge in [0, 0.05) is 19.1 Å². The summed E-state index contributed by atoms with van der Waals surface area (Å²) < 4.78 is 5.82. The number of nitrogens with zero attached hydrogens (tertiary/aromatic N) is 1. The molecule has 3 atom stereocenters. The SMILES string of the molecule is CCN1CCC[C@H]1CNC(=O)[C@@H]1CC(=O)N[C@@H](CC(C)C)C(=O)NCCCOc2ccccc2C(=O)N1. The fourth-order valence-electron chi connectivity index (χ4n) is 4.84. The Labute approximate surface area is 219 Å². The molecule has 1 aromatic rings. The molecule has 4 N–H and O–H groups in total. The van der Waals surface area contributed by atoms with Crippen molar-refractivity contribution in [3.05, 3.63) is 29.8 Å². The summed E-state index contributed by atoms with van der Waals surface area (Å²) in [4.78, 5) is 54.6. The van der Waals surface area contributed by atoms with Gasteiger partial charge in [0.25, 0.3) is 5.91 Å². The fourth-order valence-corrected chi connectivity index (χ4v) is 4.84. The highest BCUT2D eigenvalue weighted by Crippen LogP contribution is 2.19. The largest absolute Gasteiger partial charge is 0.493 e. The highest BCUT2D eigenvalue weighted by Gasteiger charge is 2.30. The van der Waals surface area contributed by atoms with Gasteiger partial charge in [-0.3, -0.25) is 24.1 Å². The third-order valence-electron chi connectivity index (χ3n) is 6.80. The van der Waals surface area contributed by atoms with Crippen LogP contribution in [0.5, 0.6) is 5.75 Å². The molecule has 0 saturated carbocycles. The molecule has 1 fully saturated rings. The molecule has 0 bridgehead atoms. The van der Waals surface area contributed by atoms with E-state index in [0.29, 0.717) is 38.3 Å². The monoisotopic (exact) mass is 515 g/mol. The van der Waals surface area contributed by atoms with Crippen molar-refractivity contribution in [1.29, 1.82) is 0 Å². The van der Waals surface area contributed by atoms with Crippen LogP contribution in [0.25, 0.3) is 0 Å². The minimum atomic E-state index is -1.11. The van der Waals surface area contributed by atoms with E-state index in [2.05, 4.69) is 33.1 Å². The molecule has 2 aliphatic heterocycles. The van der Waals surface area contributed by atoms with E-state index in [0.717, 1.165) is 25.9 Å². The van der Waals surface area contributed by atoms with Gasteiger partial charge in [0.05, 0.1) is 18.6 Å². The second-order valence-electron chi connectivity index (χ2n) is 10.1. The summed E-state index contributed by atoms with van der Waals surface area (Å²) >= 11 is 0. The second kappa shape index (κ2) is 14.0. The van der Waals surface area contributed by atoms with Gasteiger partial charge in [0.15, 0.2) is 0 Å². The summed E-state index contributed by atoms with van der Waals surface area (Å²) in [6.45, 7) is 9.04. The number of fused-ring (bicyclic) bond motifs is 1. The van der Waals surface area contributed by atoms with Crippen LogP contribution >= 0.6 is 0 Å². The zero-order valence-electron chi connectivity index (χ0n) is 22.2. The minimum Gasteiger partial charge on any atom is -0.493 e. The number of nitrogens with one attached hydrogen (secondary N) is 4. The van der Waals surface area contributed by atoms with Gasteiger partial charge in [-0.25, -0.2) is 0 Å². The molecule has 2 aliphatic rings. The van der Waals surface area contributed by atoms with Gasteiger partial charge in [0.2, 0.25) is 17.7 Å². The standard InChI is InChI=1S/C27H41N5O5/c1-4-32-13-7-9-19(32)17-29-27(36)22-16-24(33)30-21(15-18(2)3)26(35)28-12-8-14-37-23-11-6-5-10-20(23)25(34)31-22/h5-6,10-11,18-19,21-22H,4,7-9,12-17H2,1-3H3,(H,28,35)(H,29,36)(H,30,33)(H,31,34)/t19-,21-,22-/m0/s1. The van der Waals surface area contributed by atoms with E-state index in [-0.39, 0.29) is 29.9 Å². The smallest absolute Gasteiger partial charge is 0.255 e. The topological polar surface area (TPSA) is 129 Å². The predicted octanol–water partition coefficient (Wildman–Crippen LogP) is 1.21. The Morgan fingerprint density at radius 3 is 2.70 bits per heavy atom. The average molecular weight is 516 g/mol. The van der Waals surface area contributed by atoms with Crippen molar-refractivity contribution in [2.45, 2.75) is 71.0 Å². The van der Waals surface area contributed by atoms with Gasteiger partial charge in [-0.05, 0) is 56.8 Å². The van der Waals surface area contributed by atoms with Crippen molar-refractivity contribution in [1.82, 2.24) is 26.2 Å². The maximum absolute atomic E-state index is 13.2. The summed E-state index contributed by atoms with van der Waals surface area (Å²) in [6.07, 6.45) is 2.77. The zero-order valence-corrected chi connectivity index (χ0v) is 22.2. The molecule has 0 spiro atoms. The number of carbonyl (C=O) groups excluding carboxylic acids is 4. The van der Waals surface area contributed by atoms with Gasteiger partial charge in [-0.2, -0.15) is 0 Å². The molecule has 0 radical (unpaired) electrons. The number of hydrogen-bond acceptors (Lipinski definition) is 6. The molecule has 1 aromatic carbocycles. The number of carbonyl (C=O) groups is 4. The lowest BCUT2D eigenvalue weighted by atomic mass is 10.0. The molecule has 10 heteroatoms. The predicted molar refractivity (Wildman–Crippen MR) is 140 cm³/mol. The maximum Gasteiger partial charge on any atom is 0.255 e. The first-order chi connectivity index (χ1) is 17.8. The third kappa shape index (κ3) is 8.45. The third-order valence-corrected chi connectivity index (χ3v) is 6.80. The lowest BCUT2D eigenvalue weighted by molar-refractivity contribution is -0.131. The van der Waals surface area contributed by atoms with Gasteiger partial charge in [-0.1, -0.05) is 32.9 Å². The summed E-state index contributed by atoms with van der Waals surface area (Å²) in [5.41, 5.74) is 0.283. The Kier molecular flexibility index (Phi) is 10.7. The van der Waals surface area contributed by atoms with E-state index in [1.54, 1.807) is 24.3 Å². The van der Waals surface area contributed by atoms with Gasteiger partial charge in [0.1, 0.15) is 17.8 Å². The molecular formula is C27H41N5O5. The molecule has 2 heterocycles. The Bertz CT molecular complexity index is 953. The van der Waals surface area contributed by atoms with Crippen LogP contribution in [0.1, 0.15) is 63.2 Å². The van der Waals surface area contributed by atoms with E-state index >= 15 is 0 Å². The molecule has 0 unspecified atom stereocenters. The number of ether oxygens (including phenoxy) is 1. The van der Waals surface area contributed by atoms with Gasteiger partial charge < -0.3 is 26.0 Å². The molecule has 1 saturated heterocycles. The normalized spacial score (nSPS) is 24.1. The van der Waals surface area contributed by atoms with Crippen molar-refractivity contribution in [3.63, 3.8) is 0 Å². The summed E-state index contributed by atoms with van der Waals surface area (Å²) in [6, 6.07) is 5.18. The van der Waals surface area contributed by atoms with Crippen molar-refractivity contribution in [3.8, 4) is 5.75 Å². The van der Waals surface area contributed by atoms with E-state index < -0.39 is 29.8 Å². The maximum atomic E-state index is 13.2. The first-order valence-electron chi connectivity index (χ1n) is 13.4. The van der Waals surface area contributed by atoms with E-state index in [1.165, 1.54) is 0 Å². The van der Waals surface area contributed by atoms with Crippen LogP contribution in [0.3, 0.4) is 0 Å². The van der Waals surface area contributed by atoms with Gasteiger partial charge in [-0.15, -0.1) is 0 Å². The lowest BCUT2D eigenvalue weighted by Gasteiger charge is -2.25. The number of likely N-dealkylation sites (tertiary alicyclic amines) is 1. The van der Waals surface area contributed by atoms with Crippen LogP contribution in [0, 0.1) is 5.92 Å². The minimum absolute atomic E-state index is 0.169. The first kappa shape index (κ1) is 28.4. The van der Waals surface area contributed by atoms with Gasteiger partial charge >= 0.3 is 0 Å². The van der Waals surface area contributed by atoms with Crippen LogP contribution in [0.4, 0.5) is 0 Å². The van der Waals surface area contributed by atoms with Crippen LogP contribution in [0.15, 0.2) is 24.3 Å². The quantitative estimate of drug-likeness (QED) is 0.451. The summed E-state index contributed by atoms with van der Waals surface area (Å²) in [5, 5.41) is 11.3.